The summed E-state index contributed by atoms with van der Waals surface area (Å²) in [5.74, 6) is 1.02. The van der Waals surface area contributed by atoms with Crippen molar-refractivity contribution in [2.75, 3.05) is 6.79 Å². The minimum absolute atomic E-state index is 0.0569. The van der Waals surface area contributed by atoms with Crippen molar-refractivity contribution < 1.29 is 19.2 Å². The molecule has 0 saturated carbocycles. The first-order chi connectivity index (χ1) is 13.0. The Balaban J connectivity index is 1.58. The highest BCUT2D eigenvalue weighted by Gasteiger charge is 2.33. The number of benzene rings is 2. The van der Waals surface area contributed by atoms with Crippen LogP contribution in [-0.2, 0) is 11.3 Å². The zero-order chi connectivity index (χ0) is 19.0. The number of nitro groups is 1. The number of ether oxygens (including phenoxy) is 2. The number of hydrogen-bond donors (Lipinski definition) is 0. The SMILES string of the molecule is O=C1/C(=C\c2ccccc2[N+](=O)[O-])SC(=S)N1Cc1ccc2c(c1)OCO2. The first kappa shape index (κ1) is 17.5. The first-order valence-corrected chi connectivity index (χ1v) is 9.13. The molecule has 136 valence electrons. The largest absolute Gasteiger partial charge is 0.454 e. The lowest BCUT2D eigenvalue weighted by molar-refractivity contribution is -0.385. The van der Waals surface area contributed by atoms with Gasteiger partial charge in [-0.3, -0.25) is 19.8 Å². The summed E-state index contributed by atoms with van der Waals surface area (Å²) < 4.78 is 11.0. The number of nitrogens with zero attached hydrogens (tertiary/aromatic N) is 2. The van der Waals surface area contributed by atoms with Crippen LogP contribution < -0.4 is 9.47 Å². The van der Waals surface area contributed by atoms with Gasteiger partial charge in [-0.25, -0.2) is 0 Å². The third-order valence-electron chi connectivity index (χ3n) is 4.07. The van der Waals surface area contributed by atoms with E-state index in [4.69, 9.17) is 21.7 Å². The van der Waals surface area contributed by atoms with Gasteiger partial charge in [0.1, 0.15) is 4.32 Å². The van der Waals surface area contributed by atoms with Crippen molar-refractivity contribution in [3.8, 4) is 11.5 Å². The molecule has 9 heteroatoms. The van der Waals surface area contributed by atoms with Crippen LogP contribution in [0.25, 0.3) is 6.08 Å². The highest BCUT2D eigenvalue weighted by atomic mass is 32.2. The number of hydrogen-bond acceptors (Lipinski definition) is 7. The maximum Gasteiger partial charge on any atom is 0.276 e. The third-order valence-corrected chi connectivity index (χ3v) is 5.45. The number of amides is 1. The second kappa shape index (κ2) is 7.01. The molecule has 0 radical (unpaired) electrons. The lowest BCUT2D eigenvalue weighted by atomic mass is 10.1. The molecule has 1 amide bonds. The lowest BCUT2D eigenvalue weighted by Crippen LogP contribution is -2.27. The van der Waals surface area contributed by atoms with E-state index >= 15 is 0 Å². The van der Waals surface area contributed by atoms with E-state index in [1.807, 2.05) is 12.1 Å². The smallest absolute Gasteiger partial charge is 0.276 e. The Morgan fingerprint density at radius 2 is 2.00 bits per heavy atom. The number of para-hydroxylation sites is 1. The van der Waals surface area contributed by atoms with E-state index in [0.717, 1.165) is 17.3 Å². The van der Waals surface area contributed by atoms with Gasteiger partial charge in [0.15, 0.2) is 11.5 Å². The van der Waals surface area contributed by atoms with E-state index in [-0.39, 0.29) is 24.9 Å². The van der Waals surface area contributed by atoms with Gasteiger partial charge in [0.05, 0.1) is 21.9 Å². The molecular weight excluding hydrogens is 388 g/mol. The van der Waals surface area contributed by atoms with Crippen LogP contribution in [0.3, 0.4) is 0 Å². The molecule has 2 heterocycles. The number of rotatable bonds is 4. The highest BCUT2D eigenvalue weighted by Crippen LogP contribution is 2.37. The molecule has 0 bridgehead atoms. The molecule has 2 aromatic rings. The molecule has 1 fully saturated rings. The molecule has 2 aliphatic heterocycles. The number of fused-ring (bicyclic) bond motifs is 1. The standard InChI is InChI=1S/C18H12N2O5S2/c21-17-16(8-12-3-1-2-4-13(12)20(22)23)27-18(26)19(17)9-11-5-6-14-15(7-11)25-10-24-14/h1-8H,9-10H2/b16-8+. The van der Waals surface area contributed by atoms with Crippen LogP contribution in [-0.4, -0.2) is 26.8 Å². The van der Waals surface area contributed by atoms with Crippen molar-refractivity contribution in [1.82, 2.24) is 4.90 Å². The minimum atomic E-state index is -0.473. The Hall–Kier alpha value is -2.91. The number of carbonyl (C=O) groups is 1. The summed E-state index contributed by atoms with van der Waals surface area (Å²) in [6.45, 7) is 0.466. The Bertz CT molecular complexity index is 1000. The summed E-state index contributed by atoms with van der Waals surface area (Å²) in [5.41, 5.74) is 1.16. The molecule has 0 atom stereocenters. The summed E-state index contributed by atoms with van der Waals surface area (Å²) >= 11 is 6.46. The summed E-state index contributed by atoms with van der Waals surface area (Å²) in [6, 6.07) is 11.7. The van der Waals surface area contributed by atoms with Crippen LogP contribution in [0.5, 0.6) is 11.5 Å². The van der Waals surface area contributed by atoms with E-state index in [0.29, 0.717) is 26.3 Å². The normalized spacial score (nSPS) is 17.0. The van der Waals surface area contributed by atoms with Crippen LogP contribution in [0.4, 0.5) is 5.69 Å². The average molecular weight is 400 g/mol. The van der Waals surface area contributed by atoms with Gasteiger partial charge in [-0.15, -0.1) is 0 Å². The molecule has 0 N–H and O–H groups in total. The Morgan fingerprint density at radius 1 is 1.22 bits per heavy atom. The quantitative estimate of drug-likeness (QED) is 0.335. The average Bonchev–Trinajstić information content (AvgIpc) is 3.22. The van der Waals surface area contributed by atoms with Crippen molar-refractivity contribution in [3.63, 3.8) is 0 Å². The zero-order valence-corrected chi connectivity index (χ0v) is 15.4. The monoisotopic (exact) mass is 400 g/mol. The fourth-order valence-electron chi connectivity index (χ4n) is 2.78. The van der Waals surface area contributed by atoms with Crippen LogP contribution in [0.15, 0.2) is 47.4 Å². The van der Waals surface area contributed by atoms with E-state index in [1.54, 1.807) is 24.3 Å². The second-order valence-corrected chi connectivity index (χ2v) is 7.45. The number of thioether (sulfide) groups is 1. The Morgan fingerprint density at radius 3 is 2.81 bits per heavy atom. The van der Waals surface area contributed by atoms with E-state index in [9.17, 15) is 14.9 Å². The molecule has 0 aromatic heterocycles. The number of nitro benzene ring substituents is 1. The van der Waals surface area contributed by atoms with Crippen LogP contribution in [0.1, 0.15) is 11.1 Å². The lowest BCUT2D eigenvalue weighted by Gasteiger charge is -2.14. The van der Waals surface area contributed by atoms with Gasteiger partial charge < -0.3 is 9.47 Å². The molecule has 2 aromatic carbocycles. The Labute approximate surface area is 163 Å². The highest BCUT2D eigenvalue weighted by molar-refractivity contribution is 8.26. The maximum atomic E-state index is 12.8. The van der Waals surface area contributed by atoms with E-state index in [2.05, 4.69) is 0 Å². The van der Waals surface area contributed by atoms with E-state index in [1.165, 1.54) is 17.0 Å². The van der Waals surface area contributed by atoms with Crippen LogP contribution in [0, 0.1) is 10.1 Å². The van der Waals surface area contributed by atoms with Crippen molar-refractivity contribution in [2.45, 2.75) is 6.54 Å². The third kappa shape index (κ3) is 3.38. The van der Waals surface area contributed by atoms with E-state index < -0.39 is 4.92 Å². The van der Waals surface area contributed by atoms with Crippen molar-refractivity contribution in [2.24, 2.45) is 0 Å². The van der Waals surface area contributed by atoms with Crippen molar-refractivity contribution in [1.29, 1.82) is 0 Å². The Kier molecular flexibility index (Phi) is 4.54. The first-order valence-electron chi connectivity index (χ1n) is 7.90. The van der Waals surface area contributed by atoms with Gasteiger partial charge in [0, 0.05) is 6.07 Å². The van der Waals surface area contributed by atoms with Crippen LogP contribution >= 0.6 is 24.0 Å². The summed E-state index contributed by atoms with van der Waals surface area (Å²) in [5, 5.41) is 11.2. The molecule has 7 nitrogen and oxygen atoms in total. The van der Waals surface area contributed by atoms with Gasteiger partial charge in [-0.05, 0) is 29.8 Å². The fourth-order valence-corrected chi connectivity index (χ4v) is 4.02. The summed E-state index contributed by atoms with van der Waals surface area (Å²) in [7, 11) is 0. The number of thiocarbonyl (C=S) groups is 1. The van der Waals surface area contributed by atoms with Gasteiger partial charge in [-0.2, -0.15) is 0 Å². The summed E-state index contributed by atoms with van der Waals surface area (Å²) in [6.07, 6.45) is 1.51. The van der Waals surface area contributed by atoms with Gasteiger partial charge in [0.25, 0.3) is 11.6 Å². The van der Waals surface area contributed by atoms with Gasteiger partial charge in [-0.1, -0.05) is 42.2 Å². The molecule has 0 unspecified atom stereocenters. The van der Waals surface area contributed by atoms with Crippen molar-refractivity contribution >= 4 is 46.0 Å². The number of carbonyl (C=O) groups excluding carboxylic acids is 1. The molecule has 0 spiro atoms. The minimum Gasteiger partial charge on any atom is -0.454 e. The van der Waals surface area contributed by atoms with Gasteiger partial charge >= 0.3 is 0 Å². The topological polar surface area (TPSA) is 81.9 Å². The van der Waals surface area contributed by atoms with Crippen molar-refractivity contribution in [3.05, 3.63) is 68.6 Å². The van der Waals surface area contributed by atoms with Crippen LogP contribution in [0.2, 0.25) is 0 Å². The second-order valence-electron chi connectivity index (χ2n) is 5.77. The molecule has 4 rings (SSSR count). The fraction of sp³-hybridized carbons (Fsp3) is 0.111. The molecule has 1 saturated heterocycles. The predicted molar refractivity (Wildman–Crippen MR) is 104 cm³/mol. The zero-order valence-electron chi connectivity index (χ0n) is 13.8. The van der Waals surface area contributed by atoms with Gasteiger partial charge in [0.2, 0.25) is 6.79 Å². The predicted octanol–water partition coefficient (Wildman–Crippen LogP) is 3.72. The molecule has 2 aliphatic rings. The molecular formula is C18H12N2O5S2. The maximum absolute atomic E-state index is 12.8. The molecule has 0 aliphatic carbocycles. The molecule has 27 heavy (non-hydrogen) atoms. The summed E-state index contributed by atoms with van der Waals surface area (Å²) in [4.78, 5) is 25.3.